The lowest BCUT2D eigenvalue weighted by Crippen LogP contribution is -2.51. The number of fused-ring (bicyclic) bond motifs is 2. The first-order chi connectivity index (χ1) is 8.13. The van der Waals surface area contributed by atoms with E-state index < -0.39 is 20.5 Å². The summed E-state index contributed by atoms with van der Waals surface area (Å²) in [5, 5.41) is -2.53. The van der Waals surface area contributed by atoms with Crippen LogP contribution in [0.25, 0.3) is 0 Å². The number of hydrogen-bond acceptors (Lipinski definition) is 2. The molecular weight excluding hydrogens is 255 g/mol. The van der Waals surface area contributed by atoms with E-state index in [1.165, 1.54) is 13.3 Å². The summed E-state index contributed by atoms with van der Waals surface area (Å²) >= 11 is 0. The molecule has 5 heteroatoms. The first-order valence-electron chi connectivity index (χ1n) is 6.79. The number of hydrogen-bond donors (Lipinski definition) is 1. The molecule has 0 radical (unpaired) electrons. The lowest BCUT2D eigenvalue weighted by atomic mass is 9.67. The highest BCUT2D eigenvalue weighted by Crippen LogP contribution is 2.59. The smallest absolute Gasteiger partial charge is 0.283 e. The Kier molecular flexibility index (Phi) is 3.30. The van der Waals surface area contributed by atoms with E-state index in [1.807, 2.05) is 0 Å². The predicted octanol–water partition coefficient (Wildman–Crippen LogP) is 3.41. The third kappa shape index (κ3) is 1.82. The Hall–Kier alpha value is -0.160. The van der Waals surface area contributed by atoms with E-state index in [2.05, 4.69) is 0 Å². The molecule has 0 aromatic carbocycles. The summed E-state index contributed by atoms with van der Waals surface area (Å²) in [6.07, 6.45) is 4.06. The molecule has 0 aliphatic heterocycles. The maximum Gasteiger partial charge on any atom is 0.300 e. The molecule has 4 unspecified atom stereocenters. The zero-order valence-electron chi connectivity index (χ0n) is 11.3. The van der Waals surface area contributed by atoms with Gasteiger partial charge in [-0.3, -0.25) is 4.55 Å². The van der Waals surface area contributed by atoms with Crippen LogP contribution in [0, 0.1) is 23.2 Å². The highest BCUT2D eigenvalue weighted by molar-refractivity contribution is 7.87. The predicted molar refractivity (Wildman–Crippen MR) is 68.4 cm³/mol. The van der Waals surface area contributed by atoms with Crippen molar-refractivity contribution in [2.75, 3.05) is 0 Å². The molecule has 0 heterocycles. The van der Waals surface area contributed by atoms with Crippen LogP contribution in [0.4, 0.5) is 4.39 Å². The minimum atomic E-state index is -4.69. The Morgan fingerprint density at radius 3 is 2.22 bits per heavy atom. The van der Waals surface area contributed by atoms with Gasteiger partial charge in [-0.05, 0) is 43.4 Å². The average Bonchev–Trinajstić information content (AvgIpc) is 2.87. The molecule has 0 spiro atoms. The SMILES string of the molecule is CCC(F)(C(C)(C)C1CC2CCC1C2)S(=O)(=O)O. The van der Waals surface area contributed by atoms with Crippen LogP contribution in [-0.4, -0.2) is 18.0 Å². The molecule has 0 aromatic rings. The molecule has 106 valence electrons. The first kappa shape index (κ1) is 14.3. The van der Waals surface area contributed by atoms with Gasteiger partial charge in [0, 0.05) is 5.41 Å². The van der Waals surface area contributed by atoms with E-state index >= 15 is 0 Å². The van der Waals surface area contributed by atoms with Crippen molar-refractivity contribution in [3.05, 3.63) is 0 Å². The molecule has 1 N–H and O–H groups in total. The molecule has 2 fully saturated rings. The standard InChI is InChI=1S/C13H23FO3S/c1-4-13(14,18(15,16)17)12(2,3)11-8-9-5-6-10(11)7-9/h9-11H,4-8H2,1-3H3,(H,15,16,17). The van der Waals surface area contributed by atoms with Crippen LogP contribution in [0.15, 0.2) is 0 Å². The van der Waals surface area contributed by atoms with Gasteiger partial charge in [0.25, 0.3) is 0 Å². The summed E-state index contributed by atoms with van der Waals surface area (Å²) in [6, 6.07) is 0. The van der Waals surface area contributed by atoms with Crippen LogP contribution in [0.2, 0.25) is 0 Å². The van der Waals surface area contributed by atoms with Crippen LogP contribution < -0.4 is 0 Å². The lowest BCUT2D eigenvalue weighted by molar-refractivity contribution is 0.00385. The van der Waals surface area contributed by atoms with Gasteiger partial charge < -0.3 is 0 Å². The zero-order chi connectivity index (χ0) is 13.8. The van der Waals surface area contributed by atoms with Crippen molar-refractivity contribution in [3.63, 3.8) is 0 Å². The topological polar surface area (TPSA) is 54.4 Å². The van der Waals surface area contributed by atoms with Gasteiger partial charge >= 0.3 is 10.1 Å². The van der Waals surface area contributed by atoms with Crippen molar-refractivity contribution in [1.82, 2.24) is 0 Å². The Balaban J connectivity index is 2.35. The van der Waals surface area contributed by atoms with E-state index in [0.717, 1.165) is 19.3 Å². The van der Waals surface area contributed by atoms with Gasteiger partial charge in [-0.15, -0.1) is 0 Å². The Bertz CT molecular complexity index is 432. The molecule has 0 saturated heterocycles. The minimum Gasteiger partial charge on any atom is -0.283 e. The second-order valence-corrected chi connectivity index (χ2v) is 8.16. The molecule has 18 heavy (non-hydrogen) atoms. The Morgan fingerprint density at radius 1 is 1.28 bits per heavy atom. The Labute approximate surface area is 109 Å². The number of alkyl halides is 1. The van der Waals surface area contributed by atoms with Gasteiger partial charge in [-0.1, -0.05) is 27.2 Å². The zero-order valence-corrected chi connectivity index (χ0v) is 12.1. The van der Waals surface area contributed by atoms with Gasteiger partial charge in [0.2, 0.25) is 5.00 Å². The van der Waals surface area contributed by atoms with Crippen LogP contribution in [-0.2, 0) is 10.1 Å². The fourth-order valence-electron chi connectivity index (χ4n) is 4.38. The first-order valence-corrected chi connectivity index (χ1v) is 8.23. The van der Waals surface area contributed by atoms with Crippen molar-refractivity contribution >= 4 is 10.1 Å². The summed E-state index contributed by atoms with van der Waals surface area (Å²) in [7, 11) is -4.69. The molecular formula is C13H23FO3S. The van der Waals surface area contributed by atoms with Crippen LogP contribution in [0.1, 0.15) is 52.9 Å². The monoisotopic (exact) mass is 278 g/mol. The van der Waals surface area contributed by atoms with Gasteiger partial charge in [-0.2, -0.15) is 8.42 Å². The highest BCUT2D eigenvalue weighted by atomic mass is 32.2. The quantitative estimate of drug-likeness (QED) is 0.802. The van der Waals surface area contributed by atoms with Crippen molar-refractivity contribution in [1.29, 1.82) is 0 Å². The molecule has 2 aliphatic rings. The maximum atomic E-state index is 14.9. The third-order valence-corrected chi connectivity index (χ3v) is 7.12. The van der Waals surface area contributed by atoms with E-state index in [-0.39, 0.29) is 12.3 Å². The van der Waals surface area contributed by atoms with Gasteiger partial charge in [0.15, 0.2) is 0 Å². The van der Waals surface area contributed by atoms with Crippen molar-refractivity contribution in [2.24, 2.45) is 23.2 Å². The summed E-state index contributed by atoms with van der Waals surface area (Å²) in [4.78, 5) is 0. The molecule has 3 nitrogen and oxygen atoms in total. The van der Waals surface area contributed by atoms with E-state index in [4.69, 9.17) is 0 Å². The molecule has 2 rings (SSSR count). The van der Waals surface area contributed by atoms with Gasteiger partial charge in [0.05, 0.1) is 0 Å². The van der Waals surface area contributed by atoms with Crippen LogP contribution in [0.3, 0.4) is 0 Å². The highest BCUT2D eigenvalue weighted by Gasteiger charge is 2.61. The molecule has 2 bridgehead atoms. The summed E-state index contributed by atoms with van der Waals surface area (Å²) in [5.41, 5.74) is -1.03. The van der Waals surface area contributed by atoms with Crippen LogP contribution >= 0.6 is 0 Å². The molecule has 0 aromatic heterocycles. The second kappa shape index (κ2) is 4.17. The largest absolute Gasteiger partial charge is 0.300 e. The molecule has 4 atom stereocenters. The summed E-state index contributed by atoms with van der Waals surface area (Å²) in [6.45, 7) is 4.81. The molecule has 2 aliphatic carbocycles. The van der Waals surface area contributed by atoms with E-state index in [9.17, 15) is 17.4 Å². The van der Waals surface area contributed by atoms with Crippen molar-refractivity contribution in [3.8, 4) is 0 Å². The lowest BCUT2D eigenvalue weighted by Gasteiger charge is -2.45. The normalized spacial score (nSPS) is 35.7. The van der Waals surface area contributed by atoms with Crippen LogP contribution in [0.5, 0.6) is 0 Å². The van der Waals surface area contributed by atoms with Crippen molar-refractivity contribution in [2.45, 2.75) is 57.9 Å². The summed E-state index contributed by atoms with van der Waals surface area (Å²) in [5.74, 6) is 1.11. The fraction of sp³-hybridized carbons (Fsp3) is 1.00. The average molecular weight is 278 g/mol. The fourth-order valence-corrected chi connectivity index (χ4v) is 5.56. The van der Waals surface area contributed by atoms with E-state index in [0.29, 0.717) is 11.8 Å². The van der Waals surface area contributed by atoms with Gasteiger partial charge in [0.1, 0.15) is 0 Å². The van der Waals surface area contributed by atoms with Crippen molar-refractivity contribution < 1.29 is 17.4 Å². The third-order valence-electron chi connectivity index (χ3n) is 5.49. The minimum absolute atomic E-state index is 0.0584. The van der Waals surface area contributed by atoms with E-state index in [1.54, 1.807) is 13.8 Å². The molecule has 2 saturated carbocycles. The Morgan fingerprint density at radius 2 is 1.89 bits per heavy atom. The maximum absolute atomic E-state index is 14.9. The summed E-state index contributed by atoms with van der Waals surface area (Å²) < 4.78 is 47.2. The van der Waals surface area contributed by atoms with Gasteiger partial charge in [-0.25, -0.2) is 4.39 Å². The number of halogens is 1. The molecule has 0 amide bonds. The number of rotatable bonds is 4. The second-order valence-electron chi connectivity index (χ2n) is 6.56.